The quantitative estimate of drug-likeness (QED) is 0.690. The number of halogens is 1. The standard InChI is InChI=1S/C14H11FN2O/c1-18-13-3-2-8-17-9-12(16-14(13)17)10-4-6-11(15)7-5-10/h2-9H,1H3. The maximum atomic E-state index is 12.9. The van der Waals surface area contributed by atoms with Gasteiger partial charge in [0.2, 0.25) is 0 Å². The van der Waals surface area contributed by atoms with Crippen LogP contribution < -0.4 is 4.74 Å². The average molecular weight is 242 g/mol. The summed E-state index contributed by atoms with van der Waals surface area (Å²) >= 11 is 0. The molecule has 2 heterocycles. The van der Waals surface area contributed by atoms with E-state index < -0.39 is 0 Å². The van der Waals surface area contributed by atoms with Crippen LogP contribution in [0.3, 0.4) is 0 Å². The summed E-state index contributed by atoms with van der Waals surface area (Å²) in [5, 5.41) is 0. The van der Waals surface area contributed by atoms with Gasteiger partial charge in [-0.25, -0.2) is 9.37 Å². The molecule has 0 spiro atoms. The number of methoxy groups -OCH3 is 1. The van der Waals surface area contributed by atoms with Crippen molar-refractivity contribution in [3.63, 3.8) is 0 Å². The van der Waals surface area contributed by atoms with E-state index in [0.29, 0.717) is 5.75 Å². The van der Waals surface area contributed by atoms with Crippen molar-refractivity contribution in [1.29, 1.82) is 0 Å². The fourth-order valence-electron chi connectivity index (χ4n) is 1.91. The molecular formula is C14H11FN2O. The number of aromatic nitrogens is 2. The number of hydrogen-bond acceptors (Lipinski definition) is 2. The SMILES string of the molecule is COc1cccn2cc(-c3ccc(F)cc3)nc12. The van der Waals surface area contributed by atoms with Crippen LogP contribution in [0.4, 0.5) is 4.39 Å². The van der Waals surface area contributed by atoms with E-state index in [-0.39, 0.29) is 5.82 Å². The molecule has 0 aliphatic rings. The number of pyridine rings is 1. The lowest BCUT2D eigenvalue weighted by Crippen LogP contribution is -1.88. The topological polar surface area (TPSA) is 26.5 Å². The van der Waals surface area contributed by atoms with Crippen molar-refractivity contribution in [3.05, 3.63) is 54.6 Å². The molecule has 3 rings (SSSR count). The minimum atomic E-state index is -0.250. The van der Waals surface area contributed by atoms with Crippen LogP contribution in [0.15, 0.2) is 48.8 Å². The van der Waals surface area contributed by atoms with Crippen LogP contribution in [0.1, 0.15) is 0 Å². The van der Waals surface area contributed by atoms with Gasteiger partial charge in [-0.15, -0.1) is 0 Å². The molecule has 0 saturated carbocycles. The predicted molar refractivity (Wildman–Crippen MR) is 67.1 cm³/mol. The number of ether oxygens (including phenoxy) is 1. The highest BCUT2D eigenvalue weighted by atomic mass is 19.1. The van der Waals surface area contributed by atoms with Crippen molar-refractivity contribution in [2.45, 2.75) is 0 Å². The van der Waals surface area contributed by atoms with Crippen LogP contribution in [0.2, 0.25) is 0 Å². The number of nitrogens with zero attached hydrogens (tertiary/aromatic N) is 2. The maximum absolute atomic E-state index is 12.9. The molecule has 0 saturated heterocycles. The summed E-state index contributed by atoms with van der Waals surface area (Å²) in [5.41, 5.74) is 2.42. The van der Waals surface area contributed by atoms with E-state index >= 15 is 0 Å². The first-order chi connectivity index (χ1) is 8.78. The second kappa shape index (κ2) is 4.14. The first-order valence-electron chi connectivity index (χ1n) is 5.55. The molecule has 0 N–H and O–H groups in total. The van der Waals surface area contributed by atoms with Gasteiger partial charge in [-0.05, 0) is 36.4 Å². The molecule has 1 aromatic carbocycles. The van der Waals surface area contributed by atoms with E-state index in [1.807, 2.05) is 28.9 Å². The largest absolute Gasteiger partial charge is 0.493 e. The van der Waals surface area contributed by atoms with Gasteiger partial charge in [0.1, 0.15) is 5.82 Å². The molecule has 0 aliphatic carbocycles. The molecule has 3 aromatic rings. The van der Waals surface area contributed by atoms with E-state index in [9.17, 15) is 4.39 Å². The highest BCUT2D eigenvalue weighted by Crippen LogP contribution is 2.24. The Morgan fingerprint density at radius 3 is 2.67 bits per heavy atom. The van der Waals surface area contributed by atoms with Gasteiger partial charge in [0, 0.05) is 18.0 Å². The Morgan fingerprint density at radius 2 is 1.94 bits per heavy atom. The molecule has 90 valence electrons. The van der Waals surface area contributed by atoms with Gasteiger partial charge in [-0.1, -0.05) is 0 Å². The summed E-state index contributed by atoms with van der Waals surface area (Å²) in [7, 11) is 1.61. The molecule has 0 radical (unpaired) electrons. The molecule has 0 bridgehead atoms. The van der Waals surface area contributed by atoms with Crippen molar-refractivity contribution in [2.24, 2.45) is 0 Å². The summed E-state index contributed by atoms with van der Waals surface area (Å²) in [6.45, 7) is 0. The predicted octanol–water partition coefficient (Wildman–Crippen LogP) is 3.15. The third-order valence-corrected chi connectivity index (χ3v) is 2.81. The van der Waals surface area contributed by atoms with Crippen molar-refractivity contribution >= 4 is 5.65 Å². The van der Waals surface area contributed by atoms with Crippen LogP contribution in [0.25, 0.3) is 16.9 Å². The Balaban J connectivity index is 2.16. The van der Waals surface area contributed by atoms with Crippen LogP contribution >= 0.6 is 0 Å². The highest BCUT2D eigenvalue weighted by Gasteiger charge is 2.07. The summed E-state index contributed by atoms with van der Waals surface area (Å²) in [5.74, 6) is 0.464. The first kappa shape index (κ1) is 10.8. The fraction of sp³-hybridized carbons (Fsp3) is 0.0714. The zero-order valence-corrected chi connectivity index (χ0v) is 9.80. The summed E-state index contributed by atoms with van der Waals surface area (Å²) < 4.78 is 20.0. The highest BCUT2D eigenvalue weighted by molar-refractivity contribution is 5.65. The lowest BCUT2D eigenvalue weighted by Gasteiger charge is -1.99. The minimum absolute atomic E-state index is 0.250. The minimum Gasteiger partial charge on any atom is -0.493 e. The van der Waals surface area contributed by atoms with Gasteiger partial charge < -0.3 is 9.14 Å². The van der Waals surface area contributed by atoms with Crippen LogP contribution in [-0.4, -0.2) is 16.5 Å². The number of rotatable bonds is 2. The average Bonchev–Trinajstić information content (AvgIpc) is 2.83. The van der Waals surface area contributed by atoms with E-state index in [2.05, 4.69) is 4.98 Å². The zero-order valence-electron chi connectivity index (χ0n) is 9.80. The number of benzene rings is 1. The Hall–Kier alpha value is -2.36. The van der Waals surface area contributed by atoms with Gasteiger partial charge in [-0.2, -0.15) is 0 Å². The van der Waals surface area contributed by atoms with Gasteiger partial charge in [0.25, 0.3) is 0 Å². The van der Waals surface area contributed by atoms with Gasteiger partial charge in [0.05, 0.1) is 12.8 Å². The number of imidazole rings is 1. The van der Waals surface area contributed by atoms with Gasteiger partial charge in [0.15, 0.2) is 11.4 Å². The third kappa shape index (κ3) is 1.72. The molecule has 0 amide bonds. The van der Waals surface area contributed by atoms with Crippen LogP contribution in [0, 0.1) is 5.82 Å². The summed E-state index contributed by atoms with van der Waals surface area (Å²) in [4.78, 5) is 4.50. The Bertz CT molecular complexity index is 689. The Morgan fingerprint density at radius 1 is 1.17 bits per heavy atom. The van der Waals surface area contributed by atoms with Gasteiger partial charge >= 0.3 is 0 Å². The number of hydrogen-bond donors (Lipinski definition) is 0. The molecule has 18 heavy (non-hydrogen) atoms. The fourth-order valence-corrected chi connectivity index (χ4v) is 1.91. The second-order valence-corrected chi connectivity index (χ2v) is 3.94. The zero-order chi connectivity index (χ0) is 12.5. The van der Waals surface area contributed by atoms with E-state index in [4.69, 9.17) is 4.74 Å². The maximum Gasteiger partial charge on any atom is 0.180 e. The van der Waals surface area contributed by atoms with Crippen molar-refractivity contribution in [2.75, 3.05) is 7.11 Å². The van der Waals surface area contributed by atoms with E-state index in [1.54, 1.807) is 19.2 Å². The molecule has 0 fully saturated rings. The van der Waals surface area contributed by atoms with Crippen molar-refractivity contribution in [1.82, 2.24) is 9.38 Å². The molecular weight excluding hydrogens is 231 g/mol. The second-order valence-electron chi connectivity index (χ2n) is 3.94. The molecule has 0 aliphatic heterocycles. The molecule has 4 heteroatoms. The van der Waals surface area contributed by atoms with E-state index in [1.165, 1.54) is 12.1 Å². The lowest BCUT2D eigenvalue weighted by molar-refractivity contribution is 0.417. The Kier molecular flexibility index (Phi) is 2.48. The summed E-state index contributed by atoms with van der Waals surface area (Å²) in [6, 6.07) is 10.0. The van der Waals surface area contributed by atoms with Crippen molar-refractivity contribution in [3.8, 4) is 17.0 Å². The lowest BCUT2D eigenvalue weighted by atomic mass is 10.2. The van der Waals surface area contributed by atoms with Crippen LogP contribution in [0.5, 0.6) is 5.75 Å². The smallest absolute Gasteiger partial charge is 0.180 e. The monoisotopic (exact) mass is 242 g/mol. The van der Waals surface area contributed by atoms with Crippen molar-refractivity contribution < 1.29 is 9.13 Å². The molecule has 0 atom stereocenters. The van der Waals surface area contributed by atoms with Gasteiger partial charge in [-0.3, -0.25) is 0 Å². The number of fused-ring (bicyclic) bond motifs is 1. The van der Waals surface area contributed by atoms with Crippen LogP contribution in [-0.2, 0) is 0 Å². The third-order valence-electron chi connectivity index (χ3n) is 2.81. The molecule has 3 nitrogen and oxygen atoms in total. The normalized spacial score (nSPS) is 10.8. The summed E-state index contributed by atoms with van der Waals surface area (Å²) in [6.07, 6.45) is 3.79. The van der Waals surface area contributed by atoms with E-state index in [0.717, 1.165) is 16.9 Å². The first-order valence-corrected chi connectivity index (χ1v) is 5.55. The molecule has 0 unspecified atom stereocenters. The molecule has 2 aromatic heterocycles. The Labute approximate surface area is 103 Å².